The molecule has 148 valence electrons. The van der Waals surface area contributed by atoms with Gasteiger partial charge in [-0.3, -0.25) is 4.79 Å². The van der Waals surface area contributed by atoms with Crippen LogP contribution in [0.2, 0.25) is 0 Å². The Morgan fingerprint density at radius 2 is 2.23 bits per heavy atom. The number of aromatic nitrogens is 1. The Bertz CT molecular complexity index is 587. The average molecular weight is 495 g/mol. The van der Waals surface area contributed by atoms with Crippen molar-refractivity contribution in [3.05, 3.63) is 16.1 Å². The number of nitrogens with one attached hydrogen (secondary N) is 1. The third-order valence-electron chi connectivity index (χ3n) is 4.07. The molecule has 9 heteroatoms. The molecule has 0 bridgehead atoms. The van der Waals surface area contributed by atoms with Gasteiger partial charge in [0.25, 0.3) is 0 Å². The van der Waals surface area contributed by atoms with Crippen molar-refractivity contribution >= 4 is 47.2 Å². The van der Waals surface area contributed by atoms with Gasteiger partial charge in [-0.2, -0.15) is 0 Å². The molecule has 1 N–H and O–H groups in total. The molecule has 1 aliphatic heterocycles. The molecule has 1 atom stereocenters. The maximum atomic E-state index is 11.9. The van der Waals surface area contributed by atoms with Crippen LogP contribution < -0.4 is 5.32 Å². The van der Waals surface area contributed by atoms with Gasteiger partial charge in [0.05, 0.1) is 11.1 Å². The number of amides is 1. The summed E-state index contributed by atoms with van der Waals surface area (Å²) >= 11 is 1.72. The van der Waals surface area contributed by atoms with Crippen molar-refractivity contribution in [1.29, 1.82) is 0 Å². The minimum Gasteiger partial charge on any atom is -0.376 e. The van der Waals surface area contributed by atoms with Gasteiger partial charge in [0.1, 0.15) is 6.54 Å². The van der Waals surface area contributed by atoms with E-state index in [0.29, 0.717) is 0 Å². The van der Waals surface area contributed by atoms with Crippen molar-refractivity contribution < 1.29 is 9.53 Å². The normalized spacial score (nSPS) is 16.9. The number of hydrogen-bond acceptors (Lipinski definition) is 5. The van der Waals surface area contributed by atoms with Gasteiger partial charge in [-0.1, -0.05) is 0 Å². The number of guanidine groups is 1. The van der Waals surface area contributed by atoms with Crippen LogP contribution in [0, 0.1) is 6.92 Å². The number of aliphatic imine (C=N–C) groups is 1. The summed E-state index contributed by atoms with van der Waals surface area (Å²) in [7, 11) is 5.47. The third-order valence-corrected chi connectivity index (χ3v) is 5.04. The molecule has 1 amide bonds. The highest BCUT2D eigenvalue weighted by atomic mass is 127. The molecule has 2 heterocycles. The van der Waals surface area contributed by atoms with Gasteiger partial charge in [0, 0.05) is 58.3 Å². The Morgan fingerprint density at radius 1 is 1.46 bits per heavy atom. The maximum Gasteiger partial charge on any atom is 0.243 e. The molecular formula is C17H30IN5O2S. The molecule has 1 aromatic heterocycles. The third kappa shape index (κ3) is 7.75. The highest BCUT2D eigenvalue weighted by Crippen LogP contribution is 2.12. The zero-order valence-corrected chi connectivity index (χ0v) is 19.2. The van der Waals surface area contributed by atoms with Crippen molar-refractivity contribution in [2.24, 2.45) is 4.99 Å². The van der Waals surface area contributed by atoms with E-state index in [1.807, 2.05) is 13.2 Å². The number of rotatable bonds is 7. The molecule has 0 aliphatic carbocycles. The largest absolute Gasteiger partial charge is 0.376 e. The standard InChI is InChI=1S/C17H29N5O2S.HI/c1-13-10-18-15(25-13)7-8-22(4)17(20-12-16(23)21(2)3)19-11-14-6-5-9-24-14;/h10,14H,5-9,11-12H2,1-4H3,(H,19,20);1H. The second-order valence-corrected chi connectivity index (χ2v) is 7.80. The van der Waals surface area contributed by atoms with Crippen LogP contribution in [-0.4, -0.2) is 80.1 Å². The fourth-order valence-electron chi connectivity index (χ4n) is 2.49. The van der Waals surface area contributed by atoms with Gasteiger partial charge in [-0.05, 0) is 19.8 Å². The molecule has 1 aromatic rings. The molecule has 2 rings (SSSR count). The van der Waals surface area contributed by atoms with Crippen LogP contribution in [0.5, 0.6) is 0 Å². The SMILES string of the molecule is Cc1cnc(CCN(C)C(=NCC(=O)N(C)C)NCC2CCCO2)s1.I. The summed E-state index contributed by atoms with van der Waals surface area (Å²) in [6, 6.07) is 0. The monoisotopic (exact) mass is 495 g/mol. The summed E-state index contributed by atoms with van der Waals surface area (Å²) in [6.45, 7) is 4.54. The number of thiazole rings is 1. The number of likely N-dealkylation sites (N-methyl/N-ethyl adjacent to an activating group) is 2. The first-order valence-electron chi connectivity index (χ1n) is 8.68. The van der Waals surface area contributed by atoms with E-state index >= 15 is 0 Å². The van der Waals surface area contributed by atoms with E-state index in [1.165, 1.54) is 4.88 Å². The van der Waals surface area contributed by atoms with E-state index in [2.05, 4.69) is 27.1 Å². The molecule has 1 fully saturated rings. The number of hydrogen-bond donors (Lipinski definition) is 1. The number of carbonyl (C=O) groups excluding carboxylic acids is 1. The van der Waals surface area contributed by atoms with Crippen LogP contribution in [0.15, 0.2) is 11.2 Å². The van der Waals surface area contributed by atoms with Gasteiger partial charge >= 0.3 is 0 Å². The summed E-state index contributed by atoms with van der Waals surface area (Å²) in [5.74, 6) is 0.722. The van der Waals surface area contributed by atoms with Crippen LogP contribution in [0.1, 0.15) is 22.7 Å². The first kappa shape index (κ1) is 23.1. The van der Waals surface area contributed by atoms with Gasteiger partial charge in [0.2, 0.25) is 5.91 Å². The molecule has 0 saturated carbocycles. The fraction of sp³-hybridized carbons (Fsp3) is 0.706. The highest BCUT2D eigenvalue weighted by Gasteiger charge is 2.17. The zero-order valence-electron chi connectivity index (χ0n) is 16.0. The second-order valence-electron chi connectivity index (χ2n) is 6.48. The molecule has 0 aromatic carbocycles. The van der Waals surface area contributed by atoms with Crippen molar-refractivity contribution in [3.63, 3.8) is 0 Å². The highest BCUT2D eigenvalue weighted by molar-refractivity contribution is 14.0. The Kier molecular flexibility index (Phi) is 10.4. The van der Waals surface area contributed by atoms with E-state index < -0.39 is 0 Å². The first-order valence-corrected chi connectivity index (χ1v) is 9.50. The quantitative estimate of drug-likeness (QED) is 0.355. The summed E-state index contributed by atoms with van der Waals surface area (Å²) < 4.78 is 5.66. The number of aryl methyl sites for hydroxylation is 1. The molecule has 1 saturated heterocycles. The van der Waals surface area contributed by atoms with Crippen molar-refractivity contribution in [2.75, 3.05) is 47.4 Å². The predicted octanol–water partition coefficient (Wildman–Crippen LogP) is 1.76. The summed E-state index contributed by atoms with van der Waals surface area (Å²) in [5.41, 5.74) is 0. The maximum absolute atomic E-state index is 11.9. The topological polar surface area (TPSA) is 70.1 Å². The lowest BCUT2D eigenvalue weighted by atomic mass is 10.2. The lowest BCUT2D eigenvalue weighted by Crippen LogP contribution is -2.43. The van der Waals surface area contributed by atoms with Gasteiger partial charge < -0.3 is 19.9 Å². The van der Waals surface area contributed by atoms with Gasteiger partial charge in [-0.25, -0.2) is 9.98 Å². The zero-order chi connectivity index (χ0) is 18.2. The van der Waals surface area contributed by atoms with Crippen LogP contribution in [0.3, 0.4) is 0 Å². The molecule has 26 heavy (non-hydrogen) atoms. The minimum absolute atomic E-state index is 0. The fourth-order valence-corrected chi connectivity index (χ4v) is 3.27. The Balaban J connectivity index is 0.00000338. The van der Waals surface area contributed by atoms with Gasteiger partial charge in [-0.15, -0.1) is 35.3 Å². The number of ether oxygens (including phenoxy) is 1. The number of carbonyl (C=O) groups is 1. The molecule has 0 radical (unpaired) electrons. The van der Waals surface area contributed by atoms with E-state index in [4.69, 9.17) is 4.74 Å². The Morgan fingerprint density at radius 3 is 2.81 bits per heavy atom. The van der Waals surface area contributed by atoms with E-state index in [1.54, 1.807) is 30.3 Å². The van der Waals surface area contributed by atoms with Crippen LogP contribution in [0.25, 0.3) is 0 Å². The average Bonchev–Trinajstić information content (AvgIpc) is 3.23. The van der Waals surface area contributed by atoms with Crippen LogP contribution in [0.4, 0.5) is 0 Å². The molecule has 1 unspecified atom stereocenters. The van der Waals surface area contributed by atoms with Crippen molar-refractivity contribution in [3.8, 4) is 0 Å². The molecular weight excluding hydrogens is 465 g/mol. The molecule has 0 spiro atoms. The smallest absolute Gasteiger partial charge is 0.243 e. The molecule has 7 nitrogen and oxygen atoms in total. The van der Waals surface area contributed by atoms with E-state index in [-0.39, 0.29) is 42.5 Å². The lowest BCUT2D eigenvalue weighted by Gasteiger charge is -2.23. The number of nitrogens with zero attached hydrogens (tertiary/aromatic N) is 4. The Hall–Kier alpha value is -0.940. The first-order chi connectivity index (χ1) is 12.0. The van der Waals surface area contributed by atoms with Crippen molar-refractivity contribution in [2.45, 2.75) is 32.3 Å². The van der Waals surface area contributed by atoms with E-state index in [0.717, 1.165) is 49.9 Å². The summed E-state index contributed by atoms with van der Waals surface area (Å²) in [6.07, 6.45) is 5.17. The molecule has 1 aliphatic rings. The Labute approximate surface area is 177 Å². The number of halogens is 1. The predicted molar refractivity (Wildman–Crippen MR) is 117 cm³/mol. The van der Waals surface area contributed by atoms with E-state index in [9.17, 15) is 4.79 Å². The van der Waals surface area contributed by atoms with Crippen molar-refractivity contribution in [1.82, 2.24) is 20.1 Å². The second kappa shape index (κ2) is 11.7. The van der Waals surface area contributed by atoms with Crippen LogP contribution >= 0.6 is 35.3 Å². The lowest BCUT2D eigenvalue weighted by molar-refractivity contribution is -0.127. The van der Waals surface area contributed by atoms with Crippen LogP contribution in [-0.2, 0) is 16.0 Å². The summed E-state index contributed by atoms with van der Waals surface area (Å²) in [4.78, 5) is 25.6. The summed E-state index contributed by atoms with van der Waals surface area (Å²) in [5, 5.41) is 4.48. The van der Waals surface area contributed by atoms with Gasteiger partial charge in [0.15, 0.2) is 5.96 Å². The minimum atomic E-state index is -0.0136.